The van der Waals surface area contributed by atoms with Crippen LogP contribution in [0, 0.1) is 0 Å². The standard InChI is InChI=1S/C15H22N2O6S/c1-10(2)23-13-6-4-12(5-7-13)17-24(21,22)9-14(18)16-11(3)8-15(19)20/h4-7,10-11,17H,8-9H2,1-3H3,(H,16,18)(H,19,20). The van der Waals surface area contributed by atoms with Crippen molar-refractivity contribution in [1.29, 1.82) is 0 Å². The third kappa shape index (κ3) is 7.82. The molecule has 0 saturated heterocycles. The van der Waals surface area contributed by atoms with Crippen molar-refractivity contribution in [2.24, 2.45) is 0 Å². The molecule has 1 rings (SSSR count). The van der Waals surface area contributed by atoms with E-state index in [1.54, 1.807) is 12.1 Å². The Balaban J connectivity index is 2.59. The van der Waals surface area contributed by atoms with Crippen LogP contribution >= 0.6 is 0 Å². The minimum Gasteiger partial charge on any atom is -0.491 e. The van der Waals surface area contributed by atoms with E-state index in [0.717, 1.165) is 0 Å². The molecule has 3 N–H and O–H groups in total. The summed E-state index contributed by atoms with van der Waals surface area (Å²) in [4.78, 5) is 22.2. The van der Waals surface area contributed by atoms with Crippen LogP contribution in [0.3, 0.4) is 0 Å². The summed E-state index contributed by atoms with van der Waals surface area (Å²) >= 11 is 0. The Kier molecular flexibility index (Phi) is 7.02. The molecular formula is C15H22N2O6S. The number of carboxylic acids is 1. The van der Waals surface area contributed by atoms with Crippen molar-refractivity contribution in [3.05, 3.63) is 24.3 Å². The first kappa shape index (κ1) is 19.8. The second kappa shape index (κ2) is 8.53. The summed E-state index contributed by atoms with van der Waals surface area (Å²) in [5, 5.41) is 10.9. The highest BCUT2D eigenvalue weighted by Crippen LogP contribution is 2.17. The molecule has 1 amide bonds. The first-order chi connectivity index (χ1) is 11.1. The maximum atomic E-state index is 12.0. The average molecular weight is 358 g/mol. The summed E-state index contributed by atoms with van der Waals surface area (Å²) in [6, 6.07) is 5.64. The molecule has 1 aromatic rings. The van der Waals surface area contributed by atoms with E-state index in [2.05, 4.69) is 10.0 Å². The van der Waals surface area contributed by atoms with Crippen molar-refractivity contribution in [3.8, 4) is 5.75 Å². The first-order valence-electron chi connectivity index (χ1n) is 7.36. The number of aliphatic carboxylic acids is 1. The number of rotatable bonds is 9. The Labute approximate surface area is 141 Å². The van der Waals surface area contributed by atoms with Gasteiger partial charge in [0, 0.05) is 11.7 Å². The highest BCUT2D eigenvalue weighted by molar-refractivity contribution is 7.93. The summed E-state index contributed by atoms with van der Waals surface area (Å²) in [5.41, 5.74) is 0.303. The van der Waals surface area contributed by atoms with Gasteiger partial charge < -0.3 is 15.2 Å². The third-order valence-electron chi connectivity index (χ3n) is 2.71. The predicted octanol–water partition coefficient (Wildman–Crippen LogP) is 1.19. The van der Waals surface area contributed by atoms with Crippen LogP contribution in [0.2, 0.25) is 0 Å². The quantitative estimate of drug-likeness (QED) is 0.610. The van der Waals surface area contributed by atoms with Crippen molar-refractivity contribution >= 4 is 27.6 Å². The van der Waals surface area contributed by atoms with E-state index in [0.29, 0.717) is 11.4 Å². The van der Waals surface area contributed by atoms with Crippen molar-refractivity contribution in [3.63, 3.8) is 0 Å². The lowest BCUT2D eigenvalue weighted by Gasteiger charge is -2.13. The molecule has 0 aliphatic rings. The van der Waals surface area contributed by atoms with Crippen molar-refractivity contribution in [1.82, 2.24) is 5.32 Å². The van der Waals surface area contributed by atoms with Gasteiger partial charge in [-0.15, -0.1) is 0 Å². The molecule has 24 heavy (non-hydrogen) atoms. The largest absolute Gasteiger partial charge is 0.491 e. The number of anilines is 1. The monoisotopic (exact) mass is 358 g/mol. The van der Waals surface area contributed by atoms with E-state index in [-0.39, 0.29) is 12.5 Å². The van der Waals surface area contributed by atoms with Crippen LogP contribution in [-0.4, -0.2) is 43.3 Å². The molecule has 0 aliphatic heterocycles. The molecular weight excluding hydrogens is 336 g/mol. The van der Waals surface area contributed by atoms with Crippen molar-refractivity contribution in [2.75, 3.05) is 10.5 Å². The second-order valence-electron chi connectivity index (χ2n) is 5.62. The molecule has 0 heterocycles. The number of hydrogen-bond donors (Lipinski definition) is 3. The zero-order valence-corrected chi connectivity index (χ0v) is 14.6. The fourth-order valence-electron chi connectivity index (χ4n) is 1.89. The lowest BCUT2D eigenvalue weighted by Crippen LogP contribution is -2.39. The number of carboxylic acid groups (broad SMARTS) is 1. The molecule has 9 heteroatoms. The van der Waals surface area contributed by atoms with E-state index in [4.69, 9.17) is 9.84 Å². The van der Waals surface area contributed by atoms with Gasteiger partial charge in [0.25, 0.3) is 0 Å². The molecule has 1 aromatic carbocycles. The van der Waals surface area contributed by atoms with Crippen LogP contribution < -0.4 is 14.8 Å². The molecule has 134 valence electrons. The Morgan fingerprint density at radius 1 is 1.17 bits per heavy atom. The molecule has 0 saturated carbocycles. The second-order valence-corrected chi connectivity index (χ2v) is 7.34. The molecule has 0 spiro atoms. The van der Waals surface area contributed by atoms with Crippen molar-refractivity contribution in [2.45, 2.75) is 39.3 Å². The summed E-state index contributed by atoms with van der Waals surface area (Å²) in [6.45, 7) is 5.24. The molecule has 0 fully saturated rings. The van der Waals surface area contributed by atoms with Gasteiger partial charge in [-0.1, -0.05) is 0 Å². The van der Waals surface area contributed by atoms with Crippen LogP contribution in [0.1, 0.15) is 27.2 Å². The van der Waals surface area contributed by atoms with Gasteiger partial charge in [-0.3, -0.25) is 14.3 Å². The average Bonchev–Trinajstić information content (AvgIpc) is 2.37. The minimum atomic E-state index is -3.89. The molecule has 0 bridgehead atoms. The number of amides is 1. The van der Waals surface area contributed by atoms with Gasteiger partial charge in [0.05, 0.1) is 12.5 Å². The van der Waals surface area contributed by atoms with Crippen molar-refractivity contribution < 1.29 is 27.9 Å². The third-order valence-corrected chi connectivity index (χ3v) is 3.90. The highest BCUT2D eigenvalue weighted by atomic mass is 32.2. The normalized spacial score (nSPS) is 12.5. The molecule has 0 aliphatic carbocycles. The number of sulfonamides is 1. The Morgan fingerprint density at radius 3 is 2.25 bits per heavy atom. The van der Waals surface area contributed by atoms with Crippen LogP contribution in [0.5, 0.6) is 5.75 Å². The number of ether oxygens (including phenoxy) is 1. The maximum Gasteiger partial charge on any atom is 0.305 e. The van der Waals surface area contributed by atoms with Gasteiger partial charge >= 0.3 is 5.97 Å². The Bertz CT molecular complexity index is 670. The fourth-order valence-corrected chi connectivity index (χ4v) is 2.89. The van der Waals surface area contributed by atoms with Crippen LogP contribution in [-0.2, 0) is 19.6 Å². The fraction of sp³-hybridized carbons (Fsp3) is 0.467. The summed E-state index contributed by atoms with van der Waals surface area (Å²) in [7, 11) is -3.89. The van der Waals surface area contributed by atoms with Gasteiger partial charge in [0.1, 0.15) is 11.5 Å². The van der Waals surface area contributed by atoms with E-state index in [9.17, 15) is 18.0 Å². The van der Waals surface area contributed by atoms with Crippen LogP contribution in [0.25, 0.3) is 0 Å². The van der Waals surface area contributed by atoms with Gasteiger partial charge in [0.15, 0.2) is 0 Å². The van der Waals surface area contributed by atoms with Gasteiger partial charge in [-0.05, 0) is 45.0 Å². The summed E-state index contributed by atoms with van der Waals surface area (Å²) < 4.78 is 31.6. The molecule has 0 radical (unpaired) electrons. The number of carbonyl (C=O) groups excluding carboxylic acids is 1. The molecule has 1 atom stereocenters. The van der Waals surface area contributed by atoms with E-state index >= 15 is 0 Å². The van der Waals surface area contributed by atoms with E-state index in [1.807, 2.05) is 13.8 Å². The Hall–Kier alpha value is -2.29. The SMILES string of the molecule is CC(CC(=O)O)NC(=O)CS(=O)(=O)Nc1ccc(OC(C)C)cc1. The smallest absolute Gasteiger partial charge is 0.305 e. The summed E-state index contributed by atoms with van der Waals surface area (Å²) in [5.74, 6) is -2.03. The first-order valence-corrected chi connectivity index (χ1v) is 9.01. The highest BCUT2D eigenvalue weighted by Gasteiger charge is 2.19. The van der Waals surface area contributed by atoms with E-state index < -0.39 is 33.7 Å². The minimum absolute atomic E-state index is 0.00373. The van der Waals surface area contributed by atoms with E-state index in [1.165, 1.54) is 19.1 Å². The lowest BCUT2D eigenvalue weighted by molar-refractivity contribution is -0.137. The summed E-state index contributed by atoms with van der Waals surface area (Å²) in [6.07, 6.45) is -0.277. The maximum absolute atomic E-state index is 12.0. The van der Waals surface area contributed by atoms with Gasteiger partial charge in [0.2, 0.25) is 15.9 Å². The van der Waals surface area contributed by atoms with Crippen LogP contribution in [0.15, 0.2) is 24.3 Å². The molecule has 0 aromatic heterocycles. The predicted molar refractivity (Wildman–Crippen MR) is 89.5 cm³/mol. The zero-order chi connectivity index (χ0) is 18.3. The number of hydrogen-bond acceptors (Lipinski definition) is 5. The zero-order valence-electron chi connectivity index (χ0n) is 13.8. The topological polar surface area (TPSA) is 122 Å². The number of nitrogens with one attached hydrogen (secondary N) is 2. The lowest BCUT2D eigenvalue weighted by atomic mass is 10.2. The number of carbonyl (C=O) groups is 2. The van der Waals surface area contributed by atoms with Gasteiger partial charge in [-0.2, -0.15) is 0 Å². The Morgan fingerprint density at radius 2 is 1.75 bits per heavy atom. The van der Waals surface area contributed by atoms with Crippen LogP contribution in [0.4, 0.5) is 5.69 Å². The molecule has 1 unspecified atom stereocenters. The molecule has 8 nitrogen and oxygen atoms in total. The van der Waals surface area contributed by atoms with Gasteiger partial charge in [-0.25, -0.2) is 8.42 Å². The number of benzene rings is 1.